The number of aromatic nitrogens is 1. The predicted octanol–water partition coefficient (Wildman–Crippen LogP) is 5.33. The van der Waals surface area contributed by atoms with Crippen molar-refractivity contribution in [3.63, 3.8) is 0 Å². The Kier molecular flexibility index (Phi) is 4.46. The molecule has 1 amide bonds. The van der Waals surface area contributed by atoms with Gasteiger partial charge in [0.05, 0.1) is 5.69 Å². The van der Waals surface area contributed by atoms with Gasteiger partial charge in [0.15, 0.2) is 5.13 Å². The molecule has 0 aliphatic heterocycles. The van der Waals surface area contributed by atoms with Gasteiger partial charge in [-0.2, -0.15) is 0 Å². The average Bonchev–Trinajstić information content (AvgIpc) is 2.88. The molecule has 0 unspecified atom stereocenters. The lowest BCUT2D eigenvalue weighted by Crippen LogP contribution is -2.11. The predicted molar refractivity (Wildman–Crippen MR) is 96.4 cm³/mol. The fourth-order valence-corrected chi connectivity index (χ4v) is 3.25. The monoisotopic (exact) mass is 342 g/mol. The summed E-state index contributed by atoms with van der Waals surface area (Å²) < 4.78 is 0. The Hall–Kier alpha value is -2.17. The molecular formula is C18H15ClN2OS. The zero-order valence-corrected chi connectivity index (χ0v) is 14.3. The van der Waals surface area contributed by atoms with Crippen LogP contribution in [0.15, 0.2) is 48.5 Å². The summed E-state index contributed by atoms with van der Waals surface area (Å²) in [6.07, 6.45) is 0. The molecule has 3 rings (SSSR count). The molecule has 5 heteroatoms. The van der Waals surface area contributed by atoms with Crippen molar-refractivity contribution in [2.45, 2.75) is 13.8 Å². The van der Waals surface area contributed by atoms with E-state index >= 15 is 0 Å². The molecule has 1 heterocycles. The van der Waals surface area contributed by atoms with E-state index in [-0.39, 0.29) is 5.91 Å². The molecular weight excluding hydrogens is 328 g/mol. The number of thiazole rings is 1. The summed E-state index contributed by atoms with van der Waals surface area (Å²) in [5, 5.41) is 4.11. The maximum absolute atomic E-state index is 12.3. The number of carbonyl (C=O) groups excluding carboxylic acids is 1. The van der Waals surface area contributed by atoms with E-state index in [2.05, 4.69) is 10.3 Å². The Morgan fingerprint density at radius 1 is 1.13 bits per heavy atom. The summed E-state index contributed by atoms with van der Waals surface area (Å²) in [6, 6.07) is 15.0. The van der Waals surface area contributed by atoms with Crippen LogP contribution in [0.1, 0.15) is 20.8 Å². The van der Waals surface area contributed by atoms with Gasteiger partial charge in [0.25, 0.3) is 5.91 Å². The van der Waals surface area contributed by atoms with E-state index in [1.165, 1.54) is 11.3 Å². The second-order valence-corrected chi connectivity index (χ2v) is 6.89. The third kappa shape index (κ3) is 3.60. The van der Waals surface area contributed by atoms with Gasteiger partial charge in [0, 0.05) is 21.0 Å². The molecule has 1 aromatic heterocycles. The van der Waals surface area contributed by atoms with Gasteiger partial charge in [-0.05, 0) is 38.1 Å². The SMILES string of the molecule is Cc1ccc(C(=O)Nc2nc(-c3cccc(Cl)c3)c(C)s2)cc1. The van der Waals surface area contributed by atoms with Crippen LogP contribution in [0.5, 0.6) is 0 Å². The third-order valence-corrected chi connectivity index (χ3v) is 4.55. The second-order valence-electron chi connectivity index (χ2n) is 5.25. The average molecular weight is 343 g/mol. The fraction of sp³-hybridized carbons (Fsp3) is 0.111. The van der Waals surface area contributed by atoms with E-state index in [4.69, 9.17) is 11.6 Å². The van der Waals surface area contributed by atoms with Crippen LogP contribution in [0.4, 0.5) is 5.13 Å². The van der Waals surface area contributed by atoms with Gasteiger partial charge in [-0.15, -0.1) is 11.3 Å². The molecule has 0 radical (unpaired) electrons. The summed E-state index contributed by atoms with van der Waals surface area (Å²) in [6.45, 7) is 3.97. The number of carbonyl (C=O) groups is 1. The first-order valence-electron chi connectivity index (χ1n) is 7.14. The van der Waals surface area contributed by atoms with Gasteiger partial charge < -0.3 is 0 Å². The topological polar surface area (TPSA) is 42.0 Å². The van der Waals surface area contributed by atoms with Crippen LogP contribution in [-0.4, -0.2) is 10.9 Å². The molecule has 0 saturated heterocycles. The lowest BCUT2D eigenvalue weighted by molar-refractivity contribution is 0.102. The molecule has 2 aromatic carbocycles. The first kappa shape index (κ1) is 15.7. The van der Waals surface area contributed by atoms with Crippen molar-refractivity contribution in [3.05, 3.63) is 69.6 Å². The molecule has 1 N–H and O–H groups in total. The smallest absolute Gasteiger partial charge is 0.257 e. The number of anilines is 1. The molecule has 23 heavy (non-hydrogen) atoms. The Balaban J connectivity index is 1.83. The van der Waals surface area contributed by atoms with Gasteiger partial charge in [-0.3, -0.25) is 10.1 Å². The Morgan fingerprint density at radius 2 is 1.87 bits per heavy atom. The largest absolute Gasteiger partial charge is 0.298 e. The highest BCUT2D eigenvalue weighted by Crippen LogP contribution is 2.31. The maximum Gasteiger partial charge on any atom is 0.257 e. The zero-order valence-electron chi connectivity index (χ0n) is 12.8. The normalized spacial score (nSPS) is 10.6. The Labute approximate surface area is 144 Å². The number of aryl methyl sites for hydroxylation is 2. The molecule has 0 atom stereocenters. The van der Waals surface area contributed by atoms with Gasteiger partial charge >= 0.3 is 0 Å². The Bertz CT molecular complexity index is 856. The Morgan fingerprint density at radius 3 is 2.57 bits per heavy atom. The van der Waals surface area contributed by atoms with Crippen molar-refractivity contribution >= 4 is 34.0 Å². The number of hydrogen-bond acceptors (Lipinski definition) is 3. The minimum atomic E-state index is -0.156. The highest BCUT2D eigenvalue weighted by atomic mass is 35.5. The highest BCUT2D eigenvalue weighted by Gasteiger charge is 2.13. The molecule has 0 spiro atoms. The van der Waals surface area contributed by atoms with Crippen LogP contribution >= 0.6 is 22.9 Å². The standard InChI is InChI=1S/C18H15ClN2OS/c1-11-6-8-13(9-7-11)17(22)21-18-20-16(12(2)23-18)14-4-3-5-15(19)10-14/h3-10H,1-2H3,(H,20,21,22). The summed E-state index contributed by atoms with van der Waals surface area (Å²) in [5.74, 6) is -0.156. The number of amides is 1. The van der Waals surface area contributed by atoms with Crippen LogP contribution in [0.3, 0.4) is 0 Å². The van der Waals surface area contributed by atoms with Crippen LogP contribution in [0.2, 0.25) is 5.02 Å². The van der Waals surface area contributed by atoms with Crippen molar-refractivity contribution < 1.29 is 4.79 Å². The van der Waals surface area contributed by atoms with Crippen molar-refractivity contribution in [3.8, 4) is 11.3 Å². The number of nitrogens with one attached hydrogen (secondary N) is 1. The van der Waals surface area contributed by atoms with Crippen LogP contribution in [0.25, 0.3) is 11.3 Å². The molecule has 0 fully saturated rings. The summed E-state index contributed by atoms with van der Waals surface area (Å²) >= 11 is 7.49. The number of nitrogens with zero attached hydrogens (tertiary/aromatic N) is 1. The first-order valence-corrected chi connectivity index (χ1v) is 8.34. The molecule has 3 nitrogen and oxygen atoms in total. The van der Waals surface area contributed by atoms with Crippen LogP contribution in [-0.2, 0) is 0 Å². The summed E-state index contributed by atoms with van der Waals surface area (Å²) in [5.41, 5.74) is 3.53. The van der Waals surface area contributed by atoms with Gasteiger partial charge in [0.2, 0.25) is 0 Å². The van der Waals surface area contributed by atoms with E-state index in [9.17, 15) is 4.79 Å². The molecule has 3 aromatic rings. The molecule has 0 aliphatic rings. The van der Waals surface area contributed by atoms with Crippen molar-refractivity contribution in [1.82, 2.24) is 4.98 Å². The zero-order chi connectivity index (χ0) is 16.4. The van der Waals surface area contributed by atoms with E-state index in [1.54, 1.807) is 0 Å². The van der Waals surface area contributed by atoms with Crippen molar-refractivity contribution in [2.75, 3.05) is 5.32 Å². The van der Waals surface area contributed by atoms with Gasteiger partial charge in [-0.1, -0.05) is 41.4 Å². The number of benzene rings is 2. The number of hydrogen-bond donors (Lipinski definition) is 1. The third-order valence-electron chi connectivity index (χ3n) is 3.43. The first-order chi connectivity index (χ1) is 11.0. The van der Waals surface area contributed by atoms with Crippen molar-refractivity contribution in [1.29, 1.82) is 0 Å². The minimum absolute atomic E-state index is 0.156. The maximum atomic E-state index is 12.3. The number of rotatable bonds is 3. The van der Waals surface area contributed by atoms with E-state index < -0.39 is 0 Å². The minimum Gasteiger partial charge on any atom is -0.298 e. The van der Waals surface area contributed by atoms with Crippen LogP contribution in [0, 0.1) is 13.8 Å². The van der Waals surface area contributed by atoms with E-state index in [0.29, 0.717) is 15.7 Å². The highest BCUT2D eigenvalue weighted by molar-refractivity contribution is 7.16. The van der Waals surface area contributed by atoms with E-state index in [1.807, 2.05) is 62.4 Å². The van der Waals surface area contributed by atoms with E-state index in [0.717, 1.165) is 21.7 Å². The quantitative estimate of drug-likeness (QED) is 0.698. The molecule has 0 saturated carbocycles. The van der Waals surface area contributed by atoms with Crippen molar-refractivity contribution in [2.24, 2.45) is 0 Å². The second kappa shape index (κ2) is 6.52. The molecule has 116 valence electrons. The molecule has 0 bridgehead atoms. The van der Waals surface area contributed by atoms with Gasteiger partial charge in [-0.25, -0.2) is 4.98 Å². The number of halogens is 1. The lowest BCUT2D eigenvalue weighted by atomic mass is 10.1. The molecule has 0 aliphatic carbocycles. The summed E-state index contributed by atoms with van der Waals surface area (Å²) in [4.78, 5) is 17.8. The lowest BCUT2D eigenvalue weighted by Gasteiger charge is -2.02. The summed E-state index contributed by atoms with van der Waals surface area (Å²) in [7, 11) is 0. The van der Waals surface area contributed by atoms with Crippen LogP contribution < -0.4 is 5.32 Å². The van der Waals surface area contributed by atoms with Gasteiger partial charge in [0.1, 0.15) is 0 Å². The fourth-order valence-electron chi connectivity index (χ4n) is 2.23.